The molecule has 0 atom stereocenters. The highest BCUT2D eigenvalue weighted by molar-refractivity contribution is 6.30. The number of piperidine rings is 1. The van der Waals surface area contributed by atoms with Crippen LogP contribution in [-0.2, 0) is 4.79 Å². The molecule has 126 valence electrons. The molecule has 3 rings (SSSR count). The fourth-order valence-corrected chi connectivity index (χ4v) is 2.86. The van der Waals surface area contributed by atoms with E-state index in [-0.39, 0.29) is 11.8 Å². The average molecular weight is 347 g/mol. The molecule has 0 saturated carbocycles. The summed E-state index contributed by atoms with van der Waals surface area (Å²) in [7, 11) is 1.56. The van der Waals surface area contributed by atoms with Crippen molar-refractivity contribution in [1.29, 1.82) is 0 Å². The van der Waals surface area contributed by atoms with Crippen LogP contribution in [0.1, 0.15) is 12.8 Å². The first-order valence-electron chi connectivity index (χ1n) is 7.85. The summed E-state index contributed by atoms with van der Waals surface area (Å²) in [6.45, 7) is 1.55. The standard InChI is InChI=1S/C17H19ClN4O2/c1-24-16-7-6-15(20-21-16)22-10-8-12(9-11-22)17(23)19-14-4-2-13(18)3-5-14/h2-7,12H,8-11H2,1H3,(H,19,23). The largest absolute Gasteiger partial charge is 0.480 e. The summed E-state index contributed by atoms with van der Waals surface area (Å²) in [6.07, 6.45) is 1.57. The number of nitrogens with one attached hydrogen (secondary N) is 1. The van der Waals surface area contributed by atoms with E-state index in [0.29, 0.717) is 10.9 Å². The zero-order chi connectivity index (χ0) is 16.9. The van der Waals surface area contributed by atoms with Gasteiger partial charge in [0, 0.05) is 35.8 Å². The molecule has 1 aliphatic rings. The molecule has 6 nitrogen and oxygen atoms in total. The zero-order valence-electron chi connectivity index (χ0n) is 13.4. The molecule has 1 saturated heterocycles. The lowest BCUT2D eigenvalue weighted by molar-refractivity contribution is -0.120. The molecule has 7 heteroatoms. The van der Waals surface area contributed by atoms with Crippen molar-refractivity contribution in [3.05, 3.63) is 41.4 Å². The fourth-order valence-electron chi connectivity index (χ4n) is 2.74. The van der Waals surface area contributed by atoms with E-state index in [0.717, 1.165) is 37.4 Å². The SMILES string of the molecule is COc1ccc(N2CCC(C(=O)Nc3ccc(Cl)cc3)CC2)nn1. The number of carbonyl (C=O) groups is 1. The van der Waals surface area contributed by atoms with Crippen molar-refractivity contribution in [3.8, 4) is 5.88 Å². The topological polar surface area (TPSA) is 67.3 Å². The first-order chi connectivity index (χ1) is 11.7. The molecule has 2 heterocycles. The summed E-state index contributed by atoms with van der Waals surface area (Å²) in [4.78, 5) is 14.5. The van der Waals surface area contributed by atoms with Gasteiger partial charge in [0.25, 0.3) is 0 Å². The fraction of sp³-hybridized carbons (Fsp3) is 0.353. The maximum atomic E-state index is 12.4. The first-order valence-corrected chi connectivity index (χ1v) is 8.22. The van der Waals surface area contributed by atoms with Gasteiger partial charge in [0.15, 0.2) is 5.82 Å². The summed E-state index contributed by atoms with van der Waals surface area (Å²) in [5.74, 6) is 1.37. The highest BCUT2D eigenvalue weighted by Crippen LogP contribution is 2.23. The number of amides is 1. The number of ether oxygens (including phenoxy) is 1. The summed E-state index contributed by atoms with van der Waals surface area (Å²) in [6, 6.07) is 10.8. The molecule has 1 N–H and O–H groups in total. The number of methoxy groups -OCH3 is 1. The first kappa shape index (κ1) is 16.5. The molecule has 1 aromatic heterocycles. The molecule has 0 unspecified atom stereocenters. The van der Waals surface area contributed by atoms with Gasteiger partial charge in [-0.2, -0.15) is 0 Å². The van der Waals surface area contributed by atoms with Gasteiger partial charge in [-0.1, -0.05) is 11.6 Å². The van der Waals surface area contributed by atoms with Gasteiger partial charge in [-0.05, 0) is 43.2 Å². The third-order valence-corrected chi connectivity index (χ3v) is 4.39. The van der Waals surface area contributed by atoms with Crippen LogP contribution in [0.15, 0.2) is 36.4 Å². The molecule has 1 amide bonds. The Morgan fingerprint density at radius 2 is 1.88 bits per heavy atom. The third kappa shape index (κ3) is 3.94. The Morgan fingerprint density at radius 3 is 2.46 bits per heavy atom. The predicted octanol–water partition coefficient (Wildman–Crippen LogP) is 2.99. The van der Waals surface area contributed by atoms with Crippen molar-refractivity contribution in [2.45, 2.75) is 12.8 Å². The van der Waals surface area contributed by atoms with Crippen LogP contribution in [0, 0.1) is 5.92 Å². The van der Waals surface area contributed by atoms with Crippen LogP contribution in [0.2, 0.25) is 5.02 Å². The van der Waals surface area contributed by atoms with Crippen LogP contribution in [0.5, 0.6) is 5.88 Å². The smallest absolute Gasteiger partial charge is 0.233 e. The molecule has 1 aromatic carbocycles. The number of halogens is 1. The van der Waals surface area contributed by atoms with E-state index in [1.807, 2.05) is 18.2 Å². The molecular weight excluding hydrogens is 328 g/mol. The van der Waals surface area contributed by atoms with Gasteiger partial charge in [0.05, 0.1) is 7.11 Å². The zero-order valence-corrected chi connectivity index (χ0v) is 14.2. The number of carbonyl (C=O) groups excluding carboxylic acids is 1. The van der Waals surface area contributed by atoms with Crippen LogP contribution in [0.25, 0.3) is 0 Å². The van der Waals surface area contributed by atoms with Gasteiger partial charge in [0.2, 0.25) is 11.8 Å². The van der Waals surface area contributed by atoms with Crippen LogP contribution in [0.3, 0.4) is 0 Å². The van der Waals surface area contributed by atoms with Gasteiger partial charge < -0.3 is 15.0 Å². The van der Waals surface area contributed by atoms with E-state index in [1.165, 1.54) is 0 Å². The minimum Gasteiger partial charge on any atom is -0.480 e. The van der Waals surface area contributed by atoms with Crippen molar-refractivity contribution < 1.29 is 9.53 Å². The molecule has 0 spiro atoms. The van der Waals surface area contributed by atoms with Crippen LogP contribution < -0.4 is 15.0 Å². The molecular formula is C17H19ClN4O2. The van der Waals surface area contributed by atoms with E-state index in [2.05, 4.69) is 20.4 Å². The van der Waals surface area contributed by atoms with Crippen LogP contribution in [-0.4, -0.2) is 36.3 Å². The lowest BCUT2D eigenvalue weighted by atomic mass is 9.96. The Hall–Kier alpha value is -2.34. The van der Waals surface area contributed by atoms with Gasteiger partial charge in [-0.3, -0.25) is 4.79 Å². The molecule has 1 aliphatic heterocycles. The van der Waals surface area contributed by atoms with E-state index >= 15 is 0 Å². The molecule has 0 radical (unpaired) electrons. The molecule has 1 fully saturated rings. The summed E-state index contributed by atoms with van der Waals surface area (Å²) >= 11 is 5.85. The number of aromatic nitrogens is 2. The number of hydrogen-bond acceptors (Lipinski definition) is 5. The Kier molecular flexibility index (Phi) is 5.15. The van der Waals surface area contributed by atoms with Gasteiger partial charge in [-0.25, -0.2) is 0 Å². The lowest BCUT2D eigenvalue weighted by Gasteiger charge is -2.31. The molecule has 0 aliphatic carbocycles. The van der Waals surface area contributed by atoms with Crippen molar-refractivity contribution >= 4 is 29.0 Å². The van der Waals surface area contributed by atoms with Crippen molar-refractivity contribution in [3.63, 3.8) is 0 Å². The molecule has 2 aromatic rings. The minimum absolute atomic E-state index is 0.00290. The maximum absolute atomic E-state index is 12.4. The predicted molar refractivity (Wildman–Crippen MR) is 93.6 cm³/mol. The lowest BCUT2D eigenvalue weighted by Crippen LogP contribution is -2.38. The molecule has 24 heavy (non-hydrogen) atoms. The highest BCUT2D eigenvalue weighted by Gasteiger charge is 2.25. The number of benzene rings is 1. The van der Waals surface area contributed by atoms with E-state index in [1.54, 1.807) is 25.3 Å². The Bertz CT molecular complexity index is 683. The average Bonchev–Trinajstić information content (AvgIpc) is 2.64. The maximum Gasteiger partial charge on any atom is 0.233 e. The van der Waals surface area contributed by atoms with Gasteiger partial charge in [0.1, 0.15) is 0 Å². The Balaban J connectivity index is 1.54. The second-order valence-electron chi connectivity index (χ2n) is 5.69. The monoisotopic (exact) mass is 346 g/mol. The number of anilines is 2. The van der Waals surface area contributed by atoms with E-state index < -0.39 is 0 Å². The van der Waals surface area contributed by atoms with Gasteiger partial charge in [-0.15, -0.1) is 10.2 Å². The Labute approximate surface area is 145 Å². The summed E-state index contributed by atoms with van der Waals surface area (Å²) in [5, 5.41) is 11.7. The van der Waals surface area contributed by atoms with E-state index in [9.17, 15) is 4.79 Å². The number of nitrogens with zero attached hydrogens (tertiary/aromatic N) is 3. The Morgan fingerprint density at radius 1 is 1.17 bits per heavy atom. The summed E-state index contributed by atoms with van der Waals surface area (Å²) < 4.78 is 5.02. The van der Waals surface area contributed by atoms with Crippen LogP contribution >= 0.6 is 11.6 Å². The second kappa shape index (κ2) is 7.49. The van der Waals surface area contributed by atoms with Crippen molar-refractivity contribution in [1.82, 2.24) is 10.2 Å². The summed E-state index contributed by atoms with van der Waals surface area (Å²) in [5.41, 5.74) is 0.771. The van der Waals surface area contributed by atoms with Gasteiger partial charge >= 0.3 is 0 Å². The minimum atomic E-state index is 0.00290. The van der Waals surface area contributed by atoms with Crippen molar-refractivity contribution in [2.24, 2.45) is 5.92 Å². The quantitative estimate of drug-likeness (QED) is 0.921. The van der Waals surface area contributed by atoms with E-state index in [4.69, 9.17) is 16.3 Å². The number of hydrogen-bond donors (Lipinski definition) is 1. The second-order valence-corrected chi connectivity index (χ2v) is 6.13. The molecule has 0 bridgehead atoms. The van der Waals surface area contributed by atoms with Crippen LogP contribution in [0.4, 0.5) is 11.5 Å². The number of rotatable bonds is 4. The normalized spacial score (nSPS) is 15.2. The highest BCUT2D eigenvalue weighted by atomic mass is 35.5. The third-order valence-electron chi connectivity index (χ3n) is 4.14. The van der Waals surface area contributed by atoms with Crippen molar-refractivity contribution in [2.75, 3.05) is 30.4 Å².